The maximum atomic E-state index is 12.8. The Morgan fingerprint density at radius 2 is 2.25 bits per heavy atom. The molecule has 0 saturated heterocycles. The fourth-order valence-electron chi connectivity index (χ4n) is 1.02. The SMILES string of the molecule is CCCC(=O)OCn1c(=O)[nH]cc(F)c1=O. The second kappa shape index (κ2) is 5.24. The van der Waals surface area contributed by atoms with Crippen molar-refractivity contribution in [3.63, 3.8) is 0 Å². The summed E-state index contributed by atoms with van der Waals surface area (Å²) in [4.78, 5) is 35.2. The molecule has 0 fully saturated rings. The summed E-state index contributed by atoms with van der Waals surface area (Å²) in [7, 11) is 0. The maximum Gasteiger partial charge on any atom is 0.331 e. The molecule has 0 aliphatic rings. The number of nitrogens with zero attached hydrogens (tertiary/aromatic N) is 1. The van der Waals surface area contributed by atoms with Crippen LogP contribution in [0.15, 0.2) is 15.8 Å². The molecule has 88 valence electrons. The van der Waals surface area contributed by atoms with Gasteiger partial charge in [0, 0.05) is 12.6 Å². The molecule has 16 heavy (non-hydrogen) atoms. The number of aromatic nitrogens is 2. The van der Waals surface area contributed by atoms with Crippen LogP contribution in [0.5, 0.6) is 0 Å². The van der Waals surface area contributed by atoms with Crippen LogP contribution in [-0.2, 0) is 16.3 Å². The minimum Gasteiger partial charge on any atom is -0.444 e. The number of nitrogens with one attached hydrogen (secondary N) is 1. The number of ether oxygens (including phenoxy) is 1. The molecular weight excluding hydrogens is 219 g/mol. The van der Waals surface area contributed by atoms with Crippen molar-refractivity contribution in [2.45, 2.75) is 26.5 Å². The minimum absolute atomic E-state index is 0.183. The van der Waals surface area contributed by atoms with Crippen molar-refractivity contribution in [1.82, 2.24) is 9.55 Å². The third-order valence-electron chi connectivity index (χ3n) is 1.83. The lowest BCUT2D eigenvalue weighted by atomic mass is 10.3. The van der Waals surface area contributed by atoms with Gasteiger partial charge in [-0.3, -0.25) is 9.59 Å². The number of rotatable bonds is 4. The molecule has 0 aromatic carbocycles. The highest BCUT2D eigenvalue weighted by Crippen LogP contribution is 1.91. The predicted molar refractivity (Wildman–Crippen MR) is 52.3 cm³/mol. The monoisotopic (exact) mass is 230 g/mol. The first-order valence-corrected chi connectivity index (χ1v) is 4.70. The molecule has 0 aliphatic heterocycles. The van der Waals surface area contributed by atoms with E-state index in [4.69, 9.17) is 0 Å². The Morgan fingerprint density at radius 1 is 1.56 bits per heavy atom. The zero-order valence-electron chi connectivity index (χ0n) is 8.66. The van der Waals surface area contributed by atoms with E-state index in [1.165, 1.54) is 0 Å². The number of aromatic amines is 1. The molecule has 1 N–H and O–H groups in total. The van der Waals surface area contributed by atoms with Crippen molar-refractivity contribution in [3.05, 3.63) is 32.9 Å². The zero-order chi connectivity index (χ0) is 12.1. The van der Waals surface area contributed by atoms with E-state index < -0.39 is 29.8 Å². The zero-order valence-corrected chi connectivity index (χ0v) is 8.66. The van der Waals surface area contributed by atoms with Gasteiger partial charge in [-0.05, 0) is 6.42 Å². The molecule has 0 bridgehead atoms. The Bertz CT molecular complexity index is 491. The van der Waals surface area contributed by atoms with Crippen molar-refractivity contribution in [2.75, 3.05) is 0 Å². The predicted octanol–water partition coefficient (Wildman–Crippen LogP) is -0.0235. The lowest BCUT2D eigenvalue weighted by Crippen LogP contribution is -2.37. The van der Waals surface area contributed by atoms with Crippen LogP contribution < -0.4 is 11.2 Å². The van der Waals surface area contributed by atoms with Crippen LogP contribution >= 0.6 is 0 Å². The molecule has 1 rings (SSSR count). The van der Waals surface area contributed by atoms with Crippen LogP contribution in [0.25, 0.3) is 0 Å². The summed E-state index contributed by atoms with van der Waals surface area (Å²) in [6, 6.07) is 0. The van der Waals surface area contributed by atoms with E-state index in [1.807, 2.05) is 4.98 Å². The van der Waals surface area contributed by atoms with Crippen LogP contribution in [0.1, 0.15) is 19.8 Å². The third kappa shape index (κ3) is 2.78. The van der Waals surface area contributed by atoms with E-state index in [9.17, 15) is 18.8 Å². The number of hydrogen-bond acceptors (Lipinski definition) is 4. The minimum atomic E-state index is -1.12. The van der Waals surface area contributed by atoms with Crippen LogP contribution in [-0.4, -0.2) is 15.5 Å². The Morgan fingerprint density at radius 3 is 2.88 bits per heavy atom. The van der Waals surface area contributed by atoms with Crippen molar-refractivity contribution in [2.24, 2.45) is 0 Å². The van der Waals surface area contributed by atoms with Crippen molar-refractivity contribution in [3.8, 4) is 0 Å². The quantitative estimate of drug-likeness (QED) is 0.737. The van der Waals surface area contributed by atoms with Gasteiger partial charge in [-0.2, -0.15) is 4.39 Å². The Hall–Kier alpha value is -1.92. The molecule has 1 aromatic heterocycles. The Kier molecular flexibility index (Phi) is 3.98. The van der Waals surface area contributed by atoms with Gasteiger partial charge >= 0.3 is 11.7 Å². The van der Waals surface area contributed by atoms with E-state index in [0.29, 0.717) is 17.2 Å². The van der Waals surface area contributed by atoms with Crippen LogP contribution in [0.2, 0.25) is 0 Å². The molecule has 0 unspecified atom stereocenters. The van der Waals surface area contributed by atoms with Crippen molar-refractivity contribution < 1.29 is 13.9 Å². The van der Waals surface area contributed by atoms with Crippen LogP contribution in [0.4, 0.5) is 4.39 Å². The fraction of sp³-hybridized carbons (Fsp3) is 0.444. The van der Waals surface area contributed by atoms with Crippen LogP contribution in [0, 0.1) is 5.82 Å². The average Bonchev–Trinajstić information content (AvgIpc) is 2.24. The molecule has 6 nitrogen and oxygen atoms in total. The number of esters is 1. The summed E-state index contributed by atoms with van der Waals surface area (Å²) in [6.07, 6.45) is 1.43. The number of halogens is 1. The molecule has 0 aliphatic carbocycles. The topological polar surface area (TPSA) is 81.2 Å². The van der Waals surface area contributed by atoms with Gasteiger partial charge in [0.25, 0.3) is 5.56 Å². The highest BCUT2D eigenvalue weighted by atomic mass is 19.1. The van der Waals surface area contributed by atoms with Gasteiger partial charge in [0.1, 0.15) is 0 Å². The van der Waals surface area contributed by atoms with Crippen LogP contribution in [0.3, 0.4) is 0 Å². The second-order valence-electron chi connectivity index (χ2n) is 3.07. The highest BCUT2D eigenvalue weighted by molar-refractivity contribution is 5.68. The molecule has 0 spiro atoms. The summed E-state index contributed by atoms with van der Waals surface area (Å²) in [5.74, 6) is -1.65. The van der Waals surface area contributed by atoms with Gasteiger partial charge in [-0.25, -0.2) is 9.36 Å². The largest absolute Gasteiger partial charge is 0.444 e. The van der Waals surface area contributed by atoms with Gasteiger partial charge in [-0.1, -0.05) is 6.92 Å². The smallest absolute Gasteiger partial charge is 0.331 e. The van der Waals surface area contributed by atoms with Crippen molar-refractivity contribution >= 4 is 5.97 Å². The van der Waals surface area contributed by atoms with E-state index in [2.05, 4.69) is 4.74 Å². The normalized spacial score (nSPS) is 10.1. The standard InChI is InChI=1S/C9H11FN2O4/c1-2-3-7(13)16-5-12-8(14)6(10)4-11-9(12)15/h4H,2-3,5H2,1H3,(H,11,15). The first kappa shape index (κ1) is 12.2. The first-order chi connectivity index (χ1) is 7.56. The van der Waals surface area contributed by atoms with E-state index >= 15 is 0 Å². The fourth-order valence-corrected chi connectivity index (χ4v) is 1.02. The lowest BCUT2D eigenvalue weighted by Gasteiger charge is -2.05. The second-order valence-corrected chi connectivity index (χ2v) is 3.07. The molecule has 1 heterocycles. The highest BCUT2D eigenvalue weighted by Gasteiger charge is 2.08. The van der Waals surface area contributed by atoms with Gasteiger partial charge in [-0.15, -0.1) is 0 Å². The van der Waals surface area contributed by atoms with Gasteiger partial charge < -0.3 is 9.72 Å². The number of carbonyl (C=O) groups is 1. The summed E-state index contributed by atoms with van der Waals surface area (Å²) < 4.78 is 17.9. The molecule has 0 saturated carbocycles. The third-order valence-corrected chi connectivity index (χ3v) is 1.83. The summed E-state index contributed by atoms with van der Waals surface area (Å²) >= 11 is 0. The molecule has 0 amide bonds. The molecule has 1 aromatic rings. The first-order valence-electron chi connectivity index (χ1n) is 4.70. The van der Waals surface area contributed by atoms with E-state index in [-0.39, 0.29) is 6.42 Å². The lowest BCUT2D eigenvalue weighted by molar-refractivity contribution is -0.147. The number of hydrogen-bond donors (Lipinski definition) is 1. The summed E-state index contributed by atoms with van der Waals surface area (Å²) in [5, 5.41) is 0. The summed E-state index contributed by atoms with van der Waals surface area (Å²) in [5.41, 5.74) is -1.94. The molecule has 0 radical (unpaired) electrons. The number of carbonyl (C=O) groups excluding carboxylic acids is 1. The van der Waals surface area contributed by atoms with Gasteiger partial charge in [0.2, 0.25) is 5.82 Å². The van der Waals surface area contributed by atoms with Crippen molar-refractivity contribution in [1.29, 1.82) is 0 Å². The summed E-state index contributed by atoms with van der Waals surface area (Å²) in [6.45, 7) is 1.20. The maximum absolute atomic E-state index is 12.8. The number of H-pyrrole nitrogens is 1. The van der Waals surface area contributed by atoms with E-state index in [0.717, 1.165) is 0 Å². The van der Waals surface area contributed by atoms with Gasteiger partial charge in [0.05, 0.1) is 0 Å². The Balaban J connectivity index is 2.82. The van der Waals surface area contributed by atoms with Gasteiger partial charge in [0.15, 0.2) is 6.73 Å². The Labute approximate surface area is 89.7 Å². The molecular formula is C9H11FN2O4. The average molecular weight is 230 g/mol. The van der Waals surface area contributed by atoms with E-state index in [1.54, 1.807) is 6.92 Å². The molecule has 7 heteroatoms. The molecule has 0 atom stereocenters.